The quantitative estimate of drug-likeness (QED) is 0.355. The van der Waals surface area contributed by atoms with Crippen LogP contribution in [0.3, 0.4) is 0 Å². The molecule has 0 bridgehead atoms. The topological polar surface area (TPSA) is 103 Å². The largest absolute Gasteiger partial charge is 0.400 e. The van der Waals surface area contributed by atoms with Crippen molar-refractivity contribution < 1.29 is 23.1 Å². The number of carbonyl (C=O) groups is 1. The van der Waals surface area contributed by atoms with Crippen molar-refractivity contribution >= 4 is 18.2 Å². The summed E-state index contributed by atoms with van der Waals surface area (Å²) in [7, 11) is 3.33. The first-order valence-corrected chi connectivity index (χ1v) is 9.37. The number of aliphatic hydroxyl groups is 1. The zero-order valence-electron chi connectivity index (χ0n) is 17.1. The van der Waals surface area contributed by atoms with E-state index in [1.54, 1.807) is 25.9 Å². The van der Waals surface area contributed by atoms with Crippen LogP contribution in [0, 0.1) is 11.7 Å². The molecule has 0 aliphatic heterocycles. The third kappa shape index (κ3) is 5.82. The molecule has 1 amide bonds. The number of guanidine groups is 1. The number of aliphatic imine (C=N–C) groups is 2. The van der Waals surface area contributed by atoms with Gasteiger partial charge in [-0.2, -0.15) is 4.99 Å². The lowest BCUT2D eigenvalue weighted by Crippen LogP contribution is -2.36. The highest BCUT2D eigenvalue weighted by Crippen LogP contribution is 2.44. The smallest absolute Gasteiger partial charge is 0.266 e. The predicted octanol–water partition coefficient (Wildman–Crippen LogP) is 2.50. The lowest BCUT2D eigenvalue weighted by atomic mass is 10.0. The van der Waals surface area contributed by atoms with Crippen molar-refractivity contribution in [2.24, 2.45) is 21.6 Å². The normalized spacial score (nSPS) is 16.9. The van der Waals surface area contributed by atoms with Crippen molar-refractivity contribution in [3.63, 3.8) is 0 Å². The van der Waals surface area contributed by atoms with E-state index in [-0.39, 0.29) is 23.4 Å². The van der Waals surface area contributed by atoms with Gasteiger partial charge in [0.05, 0.1) is 18.2 Å². The minimum absolute atomic E-state index is 0.0944. The van der Waals surface area contributed by atoms with Crippen LogP contribution >= 0.6 is 0 Å². The van der Waals surface area contributed by atoms with Crippen molar-refractivity contribution in [3.05, 3.63) is 46.4 Å². The second-order valence-electron chi connectivity index (χ2n) is 7.22. The zero-order valence-corrected chi connectivity index (χ0v) is 17.1. The van der Waals surface area contributed by atoms with Crippen LogP contribution in [0.2, 0.25) is 0 Å². The van der Waals surface area contributed by atoms with Gasteiger partial charge in [-0.3, -0.25) is 15.1 Å². The molecule has 164 valence electrons. The van der Waals surface area contributed by atoms with Gasteiger partial charge in [0.2, 0.25) is 12.4 Å². The average molecular weight is 425 g/mol. The molecule has 1 unspecified atom stereocenters. The molecule has 1 saturated carbocycles. The van der Waals surface area contributed by atoms with Gasteiger partial charge in [0.1, 0.15) is 5.82 Å². The van der Waals surface area contributed by atoms with E-state index in [4.69, 9.17) is 5.73 Å². The van der Waals surface area contributed by atoms with Gasteiger partial charge in [0.25, 0.3) is 6.43 Å². The van der Waals surface area contributed by atoms with E-state index in [1.807, 2.05) is 0 Å². The van der Waals surface area contributed by atoms with Gasteiger partial charge in [-0.1, -0.05) is 12.1 Å². The molecule has 0 aromatic heterocycles. The predicted molar refractivity (Wildman–Crippen MR) is 109 cm³/mol. The van der Waals surface area contributed by atoms with Crippen LogP contribution in [0.15, 0.2) is 39.5 Å². The fourth-order valence-electron chi connectivity index (χ4n) is 2.79. The molecule has 1 aromatic rings. The number of benzene rings is 1. The highest BCUT2D eigenvalue weighted by atomic mass is 19.3. The van der Waals surface area contributed by atoms with Crippen LogP contribution in [0.1, 0.15) is 43.4 Å². The molecule has 0 saturated heterocycles. The van der Waals surface area contributed by atoms with E-state index in [0.717, 1.165) is 25.0 Å². The molecule has 7 nitrogen and oxygen atoms in total. The number of amides is 1. The number of aliphatic hydroxyl groups excluding tert-OH is 1. The Kier molecular flexibility index (Phi) is 7.99. The second-order valence-corrected chi connectivity index (χ2v) is 7.22. The Morgan fingerprint density at radius 1 is 1.40 bits per heavy atom. The van der Waals surface area contributed by atoms with Crippen LogP contribution in [-0.4, -0.2) is 48.9 Å². The molecule has 1 aliphatic carbocycles. The lowest BCUT2D eigenvalue weighted by molar-refractivity contribution is -0.108. The van der Waals surface area contributed by atoms with E-state index >= 15 is 0 Å². The monoisotopic (exact) mass is 425 g/mol. The maximum Gasteiger partial charge on any atom is 0.266 e. The van der Waals surface area contributed by atoms with Crippen molar-refractivity contribution in [2.45, 2.75) is 32.2 Å². The molecule has 0 spiro atoms. The van der Waals surface area contributed by atoms with Crippen molar-refractivity contribution in [3.8, 4) is 0 Å². The van der Waals surface area contributed by atoms with Gasteiger partial charge >= 0.3 is 0 Å². The van der Waals surface area contributed by atoms with Crippen molar-refractivity contribution in [2.75, 3.05) is 20.7 Å². The number of hydrogen-bond acceptors (Lipinski definition) is 4. The first-order chi connectivity index (χ1) is 14.2. The summed E-state index contributed by atoms with van der Waals surface area (Å²) in [6.07, 6.45) is -0.765. The summed E-state index contributed by atoms with van der Waals surface area (Å²) in [6.45, 7) is 1.19. The maximum absolute atomic E-state index is 14.2. The number of nitrogens with zero attached hydrogens (tertiary/aromatic N) is 3. The number of nitrogens with two attached hydrogens (primary N) is 1. The summed E-state index contributed by atoms with van der Waals surface area (Å²) in [5.41, 5.74) is 6.16. The summed E-state index contributed by atoms with van der Waals surface area (Å²) in [5, 5.41) is 11.9. The first kappa shape index (κ1) is 23.4. The standard InChI is InChI=1S/C20H26F3N5O2/c1-11(16(24)9-29)19(27-20(25-10-30)28(2)3)26-17(12-4-5-12)13-6-7-14(18(22)23)15(21)8-13/h6-8,10,12,17-18,29H,4-5,9,24H2,1-3H3,(H,25,26,27,30). The molecule has 1 aliphatic rings. The number of alkyl halides is 2. The van der Waals surface area contributed by atoms with Crippen LogP contribution in [0.5, 0.6) is 0 Å². The van der Waals surface area contributed by atoms with Gasteiger partial charge in [-0.25, -0.2) is 13.2 Å². The summed E-state index contributed by atoms with van der Waals surface area (Å²) < 4.78 is 40.0. The van der Waals surface area contributed by atoms with E-state index in [0.29, 0.717) is 17.5 Å². The average Bonchev–Trinajstić information content (AvgIpc) is 3.53. The number of rotatable bonds is 7. The molecular formula is C20H26F3N5O2. The number of halogens is 3. The summed E-state index contributed by atoms with van der Waals surface area (Å²) >= 11 is 0. The molecule has 2 rings (SSSR count). The summed E-state index contributed by atoms with van der Waals surface area (Å²) in [4.78, 5) is 21.5. The Morgan fingerprint density at radius 3 is 2.53 bits per heavy atom. The third-order valence-corrected chi connectivity index (χ3v) is 4.74. The highest BCUT2D eigenvalue weighted by Gasteiger charge is 2.33. The minimum Gasteiger partial charge on any atom is -0.400 e. The van der Waals surface area contributed by atoms with Crippen molar-refractivity contribution in [1.29, 1.82) is 0 Å². The summed E-state index contributed by atoms with van der Waals surface area (Å²) in [6, 6.07) is 3.03. The molecule has 1 atom stereocenters. The highest BCUT2D eigenvalue weighted by molar-refractivity contribution is 6.07. The van der Waals surface area contributed by atoms with Gasteiger partial charge < -0.3 is 15.7 Å². The molecule has 0 radical (unpaired) electrons. The molecule has 0 heterocycles. The van der Waals surface area contributed by atoms with Crippen LogP contribution < -0.4 is 11.1 Å². The van der Waals surface area contributed by atoms with Gasteiger partial charge in [-0.05, 0) is 37.3 Å². The Bertz CT molecular complexity index is 864. The first-order valence-electron chi connectivity index (χ1n) is 9.37. The van der Waals surface area contributed by atoms with Gasteiger partial charge in [-0.15, -0.1) is 0 Å². The van der Waals surface area contributed by atoms with E-state index < -0.39 is 30.5 Å². The van der Waals surface area contributed by atoms with E-state index in [9.17, 15) is 23.1 Å². The Hall–Kier alpha value is -2.88. The lowest BCUT2D eigenvalue weighted by Gasteiger charge is -2.18. The fourth-order valence-corrected chi connectivity index (χ4v) is 2.79. The van der Waals surface area contributed by atoms with Gasteiger partial charge in [0, 0.05) is 25.4 Å². The number of carbonyl (C=O) groups excluding carboxylic acids is 1. The van der Waals surface area contributed by atoms with Crippen LogP contribution in [0.25, 0.3) is 0 Å². The third-order valence-electron chi connectivity index (χ3n) is 4.74. The summed E-state index contributed by atoms with van der Waals surface area (Å²) in [5.74, 6) is -0.568. The Balaban J connectivity index is 2.58. The molecular weight excluding hydrogens is 399 g/mol. The second kappa shape index (κ2) is 10.2. The Morgan fingerprint density at radius 2 is 2.07 bits per heavy atom. The van der Waals surface area contributed by atoms with Crippen LogP contribution in [0.4, 0.5) is 13.2 Å². The molecule has 1 aromatic carbocycles. The number of amidine groups is 1. The maximum atomic E-state index is 14.2. The molecule has 30 heavy (non-hydrogen) atoms. The Labute approximate surface area is 173 Å². The zero-order chi connectivity index (χ0) is 22.4. The fraction of sp³-hybridized carbons (Fsp3) is 0.450. The van der Waals surface area contributed by atoms with Crippen molar-refractivity contribution in [1.82, 2.24) is 10.2 Å². The van der Waals surface area contributed by atoms with Gasteiger partial charge in [0.15, 0.2) is 5.84 Å². The number of nitrogens with one attached hydrogen (secondary N) is 1. The van der Waals surface area contributed by atoms with Crippen LogP contribution in [-0.2, 0) is 4.79 Å². The van der Waals surface area contributed by atoms with E-state index in [2.05, 4.69) is 15.3 Å². The molecule has 1 fully saturated rings. The number of hydrogen-bond donors (Lipinski definition) is 3. The SMILES string of the molecule is CC(C(=NC(c1ccc(C(F)F)c(F)c1)C1CC1)N=C(NC=O)N(C)C)=C(N)CO. The van der Waals surface area contributed by atoms with E-state index in [1.165, 1.54) is 6.07 Å². The molecule has 4 N–H and O–H groups in total. The minimum atomic E-state index is -2.91. The molecule has 10 heteroatoms.